The Labute approximate surface area is 147 Å². The minimum atomic E-state index is -0.791. The first-order valence-corrected chi connectivity index (χ1v) is 8.54. The quantitative estimate of drug-likeness (QED) is 0.651. The van der Waals surface area contributed by atoms with Gasteiger partial charge in [0.15, 0.2) is 11.1 Å². The van der Waals surface area contributed by atoms with Gasteiger partial charge in [0, 0.05) is 0 Å². The average Bonchev–Trinajstić information content (AvgIpc) is 2.54. The molecule has 0 aliphatic rings. The number of nitriles is 3. The Hall–Kier alpha value is -1.97. The van der Waals surface area contributed by atoms with Crippen LogP contribution in [0.1, 0.15) is 80.1 Å². The van der Waals surface area contributed by atoms with E-state index in [1.165, 1.54) is 0 Å². The highest BCUT2D eigenvalue weighted by Crippen LogP contribution is 2.22. The normalized spacial score (nSPS) is 17.8. The lowest BCUT2D eigenvalue weighted by Gasteiger charge is -2.18. The molecule has 0 radical (unpaired) electrons. The Morgan fingerprint density at radius 1 is 0.708 bits per heavy atom. The maximum absolute atomic E-state index is 9.03. The summed E-state index contributed by atoms with van der Waals surface area (Å²) in [6, 6.07) is 6.32. The molecule has 6 heteroatoms. The average molecular weight is 332 g/mol. The molecular weight excluding hydrogens is 300 g/mol. The van der Waals surface area contributed by atoms with Crippen LogP contribution in [0, 0.1) is 34.0 Å². The minimum absolute atomic E-state index is 0.602. The zero-order valence-electron chi connectivity index (χ0n) is 16.1. The molecule has 0 saturated carbocycles. The van der Waals surface area contributed by atoms with E-state index >= 15 is 0 Å². The molecule has 0 amide bonds. The highest BCUT2D eigenvalue weighted by atomic mass is 15.2. The van der Waals surface area contributed by atoms with Gasteiger partial charge in [-0.25, -0.2) is 0 Å². The molecule has 24 heavy (non-hydrogen) atoms. The summed E-state index contributed by atoms with van der Waals surface area (Å²) in [5.74, 6) is 0. The number of nitrogens with two attached hydrogens (primary N) is 1. The standard InChI is InChI=1S/C12H20N4.C6H12N2/c1-5-7-11(3,9-13)15-16-12(4,10-14)8-6-2;1-3-4-6(2,8)5-7/h5-8H2,1-4H3;3-4,8H2,1-2H3. The van der Waals surface area contributed by atoms with Crippen molar-refractivity contribution in [3.63, 3.8) is 0 Å². The van der Waals surface area contributed by atoms with Crippen molar-refractivity contribution in [2.75, 3.05) is 0 Å². The maximum Gasteiger partial charge on any atom is 0.164 e. The molecule has 0 aliphatic heterocycles. The highest BCUT2D eigenvalue weighted by Gasteiger charge is 2.26. The van der Waals surface area contributed by atoms with Gasteiger partial charge in [-0.05, 0) is 40.0 Å². The molecular formula is C18H32N6. The van der Waals surface area contributed by atoms with Crippen molar-refractivity contribution < 1.29 is 0 Å². The summed E-state index contributed by atoms with van der Waals surface area (Å²) in [5, 5.41) is 34.5. The molecule has 0 spiro atoms. The zero-order valence-corrected chi connectivity index (χ0v) is 16.1. The van der Waals surface area contributed by atoms with Crippen LogP contribution >= 0.6 is 0 Å². The third kappa shape index (κ3) is 10.7. The molecule has 0 fully saturated rings. The predicted molar refractivity (Wildman–Crippen MR) is 95.8 cm³/mol. The van der Waals surface area contributed by atoms with E-state index in [4.69, 9.17) is 21.5 Å². The van der Waals surface area contributed by atoms with E-state index in [2.05, 4.69) is 22.4 Å². The van der Waals surface area contributed by atoms with E-state index in [1.54, 1.807) is 20.8 Å². The van der Waals surface area contributed by atoms with Crippen molar-refractivity contribution >= 4 is 0 Å². The summed E-state index contributed by atoms with van der Waals surface area (Å²) in [5.41, 5.74) is 3.28. The maximum atomic E-state index is 9.03. The van der Waals surface area contributed by atoms with Gasteiger partial charge in [-0.3, -0.25) is 0 Å². The second-order valence-corrected chi connectivity index (χ2v) is 6.75. The molecule has 0 bridgehead atoms. The fourth-order valence-electron chi connectivity index (χ4n) is 2.03. The fourth-order valence-corrected chi connectivity index (χ4v) is 2.03. The molecule has 6 nitrogen and oxygen atoms in total. The number of azo groups is 1. The molecule has 0 saturated heterocycles. The Morgan fingerprint density at radius 3 is 1.21 bits per heavy atom. The van der Waals surface area contributed by atoms with E-state index in [0.29, 0.717) is 12.8 Å². The van der Waals surface area contributed by atoms with Gasteiger partial charge in [0.25, 0.3) is 0 Å². The summed E-state index contributed by atoms with van der Waals surface area (Å²) >= 11 is 0. The molecule has 3 unspecified atom stereocenters. The van der Waals surface area contributed by atoms with Crippen LogP contribution in [0.5, 0.6) is 0 Å². The third-order valence-corrected chi connectivity index (χ3v) is 3.47. The van der Waals surface area contributed by atoms with E-state index < -0.39 is 16.6 Å². The molecule has 134 valence electrons. The third-order valence-electron chi connectivity index (χ3n) is 3.47. The van der Waals surface area contributed by atoms with Crippen LogP contribution in [-0.4, -0.2) is 16.6 Å². The molecule has 0 aromatic rings. The molecule has 0 heterocycles. The highest BCUT2D eigenvalue weighted by molar-refractivity contribution is 5.07. The zero-order chi connectivity index (χ0) is 19.3. The Kier molecular flexibility index (Phi) is 11.7. The number of rotatable bonds is 8. The lowest BCUT2D eigenvalue weighted by molar-refractivity contribution is 0.446. The first-order chi connectivity index (χ1) is 11.1. The Bertz CT molecular complexity index is 473. The number of hydrogen-bond donors (Lipinski definition) is 1. The van der Waals surface area contributed by atoms with Crippen LogP contribution in [0.4, 0.5) is 0 Å². The Morgan fingerprint density at radius 2 is 1.04 bits per heavy atom. The van der Waals surface area contributed by atoms with Crippen LogP contribution in [0.2, 0.25) is 0 Å². The van der Waals surface area contributed by atoms with E-state index in [-0.39, 0.29) is 0 Å². The first-order valence-electron chi connectivity index (χ1n) is 8.54. The van der Waals surface area contributed by atoms with Gasteiger partial charge in [0.05, 0.1) is 18.2 Å². The SMILES string of the molecule is CCCC(C)(C#N)N=NC(C)(C#N)CCC.CCCC(C)(N)C#N. The van der Waals surface area contributed by atoms with E-state index in [9.17, 15) is 0 Å². The topological polar surface area (TPSA) is 122 Å². The Balaban J connectivity index is 0. The van der Waals surface area contributed by atoms with Crippen LogP contribution in [-0.2, 0) is 0 Å². The van der Waals surface area contributed by atoms with Crippen molar-refractivity contribution in [2.45, 2.75) is 96.7 Å². The van der Waals surface area contributed by atoms with Gasteiger partial charge in [-0.2, -0.15) is 26.0 Å². The smallest absolute Gasteiger partial charge is 0.164 e. The summed E-state index contributed by atoms with van der Waals surface area (Å²) in [6.07, 6.45) is 4.84. The van der Waals surface area contributed by atoms with Gasteiger partial charge >= 0.3 is 0 Å². The van der Waals surface area contributed by atoms with Crippen LogP contribution in [0.15, 0.2) is 10.2 Å². The van der Waals surface area contributed by atoms with Crippen molar-refractivity contribution in [1.29, 1.82) is 15.8 Å². The van der Waals surface area contributed by atoms with Gasteiger partial charge in [-0.15, -0.1) is 0 Å². The molecule has 0 aromatic heterocycles. The van der Waals surface area contributed by atoms with Crippen LogP contribution < -0.4 is 5.73 Å². The largest absolute Gasteiger partial charge is 0.314 e. The number of hydrogen-bond acceptors (Lipinski definition) is 6. The predicted octanol–water partition coefficient (Wildman–Crippen LogP) is 4.63. The first kappa shape index (κ1) is 24.3. The lowest BCUT2D eigenvalue weighted by atomic mass is 9.98. The van der Waals surface area contributed by atoms with Gasteiger partial charge in [-0.1, -0.05) is 40.0 Å². The molecule has 0 aromatic carbocycles. The van der Waals surface area contributed by atoms with Crippen molar-refractivity contribution in [1.82, 2.24) is 0 Å². The molecule has 0 aliphatic carbocycles. The summed E-state index contributed by atoms with van der Waals surface area (Å²) in [6.45, 7) is 11.3. The number of nitrogens with zero attached hydrogens (tertiary/aromatic N) is 5. The monoisotopic (exact) mass is 332 g/mol. The molecule has 3 atom stereocenters. The summed E-state index contributed by atoms with van der Waals surface area (Å²) in [7, 11) is 0. The van der Waals surface area contributed by atoms with Gasteiger partial charge in [0.1, 0.15) is 5.54 Å². The van der Waals surface area contributed by atoms with Crippen molar-refractivity contribution in [2.24, 2.45) is 16.0 Å². The van der Waals surface area contributed by atoms with Crippen LogP contribution in [0.3, 0.4) is 0 Å². The fraction of sp³-hybridized carbons (Fsp3) is 0.833. The van der Waals surface area contributed by atoms with Crippen LogP contribution in [0.25, 0.3) is 0 Å². The van der Waals surface area contributed by atoms with Crippen molar-refractivity contribution in [3.05, 3.63) is 0 Å². The second-order valence-electron chi connectivity index (χ2n) is 6.75. The van der Waals surface area contributed by atoms with E-state index in [0.717, 1.165) is 25.7 Å². The minimum Gasteiger partial charge on any atom is -0.314 e. The van der Waals surface area contributed by atoms with Gasteiger partial charge in [0.2, 0.25) is 0 Å². The summed E-state index contributed by atoms with van der Waals surface area (Å²) in [4.78, 5) is 0. The second kappa shape index (κ2) is 11.5. The molecule has 0 rings (SSSR count). The lowest BCUT2D eigenvalue weighted by Crippen LogP contribution is -2.33. The van der Waals surface area contributed by atoms with E-state index in [1.807, 2.05) is 26.8 Å². The van der Waals surface area contributed by atoms with Gasteiger partial charge < -0.3 is 5.73 Å². The summed E-state index contributed by atoms with van der Waals surface area (Å²) < 4.78 is 0. The molecule has 2 N–H and O–H groups in total. The van der Waals surface area contributed by atoms with Crippen molar-refractivity contribution in [3.8, 4) is 18.2 Å².